The number of H-pyrrole nitrogens is 1. The minimum atomic E-state index is -1.26. The number of hydrogen-bond acceptors (Lipinski definition) is 4. The Balaban J connectivity index is 1.65. The number of fused-ring (bicyclic) bond motifs is 2. The summed E-state index contributed by atoms with van der Waals surface area (Å²) < 4.78 is 23.3. The highest BCUT2D eigenvalue weighted by molar-refractivity contribution is 7.84. The number of nitrogens with zero attached hydrogens (tertiary/aromatic N) is 1. The van der Waals surface area contributed by atoms with Crippen molar-refractivity contribution in [2.75, 3.05) is 6.79 Å². The zero-order valence-electron chi connectivity index (χ0n) is 11.0. The molecule has 0 spiro atoms. The summed E-state index contributed by atoms with van der Waals surface area (Å²) in [5, 5.41) is 0.479. The average Bonchev–Trinajstić information content (AvgIpc) is 3.14. The largest absolute Gasteiger partial charge is 0.454 e. The van der Waals surface area contributed by atoms with Crippen molar-refractivity contribution in [2.24, 2.45) is 0 Å². The van der Waals surface area contributed by atoms with Gasteiger partial charge < -0.3 is 14.5 Å². The van der Waals surface area contributed by atoms with Gasteiger partial charge in [-0.05, 0) is 18.2 Å². The molecule has 5 nitrogen and oxygen atoms in total. The number of hydrogen-bond donors (Lipinski definition) is 1. The van der Waals surface area contributed by atoms with Gasteiger partial charge in [0.15, 0.2) is 16.7 Å². The minimum absolute atomic E-state index is 0.212. The van der Waals surface area contributed by atoms with Gasteiger partial charge in [0, 0.05) is 5.56 Å². The summed E-state index contributed by atoms with van der Waals surface area (Å²) in [6, 6.07) is 13.3. The summed E-state index contributed by atoms with van der Waals surface area (Å²) in [6.07, 6.45) is 0. The molecule has 4 rings (SSSR count). The maximum atomic E-state index is 12.5. The van der Waals surface area contributed by atoms with Gasteiger partial charge in [-0.15, -0.1) is 0 Å². The van der Waals surface area contributed by atoms with Crippen LogP contribution in [0.4, 0.5) is 0 Å². The second kappa shape index (κ2) is 4.89. The Morgan fingerprint density at radius 2 is 2.05 bits per heavy atom. The van der Waals surface area contributed by atoms with E-state index in [0.29, 0.717) is 22.4 Å². The number of aromatic amines is 1. The third kappa shape index (κ3) is 2.17. The van der Waals surface area contributed by atoms with Crippen LogP contribution in [0.1, 0.15) is 5.56 Å². The topological polar surface area (TPSA) is 64.2 Å². The third-order valence-corrected chi connectivity index (χ3v) is 4.55. The molecule has 0 bridgehead atoms. The van der Waals surface area contributed by atoms with E-state index in [4.69, 9.17) is 9.47 Å². The van der Waals surface area contributed by atoms with E-state index in [9.17, 15) is 4.21 Å². The van der Waals surface area contributed by atoms with Crippen LogP contribution in [0.15, 0.2) is 47.6 Å². The van der Waals surface area contributed by atoms with Crippen LogP contribution in [0.2, 0.25) is 0 Å². The van der Waals surface area contributed by atoms with Gasteiger partial charge in [-0.3, -0.25) is 4.21 Å². The van der Waals surface area contributed by atoms with Gasteiger partial charge in [0.2, 0.25) is 6.79 Å². The Labute approximate surface area is 123 Å². The molecule has 21 heavy (non-hydrogen) atoms. The first-order valence-corrected chi connectivity index (χ1v) is 7.84. The molecule has 0 radical (unpaired) electrons. The molecule has 1 unspecified atom stereocenters. The van der Waals surface area contributed by atoms with Crippen LogP contribution >= 0.6 is 0 Å². The van der Waals surface area contributed by atoms with Gasteiger partial charge in [0.05, 0.1) is 27.6 Å². The summed E-state index contributed by atoms with van der Waals surface area (Å²) in [6.45, 7) is 0.212. The lowest BCUT2D eigenvalue weighted by atomic mass is 10.2. The first-order chi connectivity index (χ1) is 10.3. The van der Waals surface area contributed by atoms with E-state index in [0.717, 1.165) is 16.6 Å². The molecule has 1 aromatic heterocycles. The predicted molar refractivity (Wildman–Crippen MR) is 78.8 cm³/mol. The summed E-state index contributed by atoms with van der Waals surface area (Å²) >= 11 is 0. The fourth-order valence-electron chi connectivity index (χ4n) is 2.35. The molecule has 1 aliphatic heterocycles. The lowest BCUT2D eigenvalue weighted by Gasteiger charge is -2.04. The Morgan fingerprint density at radius 1 is 1.14 bits per heavy atom. The molecular weight excluding hydrogens is 288 g/mol. The van der Waals surface area contributed by atoms with Gasteiger partial charge >= 0.3 is 0 Å². The molecule has 2 aromatic carbocycles. The molecule has 106 valence electrons. The van der Waals surface area contributed by atoms with Crippen molar-refractivity contribution >= 4 is 21.8 Å². The van der Waals surface area contributed by atoms with Gasteiger partial charge in [-0.2, -0.15) is 0 Å². The SMILES string of the molecule is O=S(Cc1cccc2c1OCO2)c1nc2ccccc2[nH]1. The fraction of sp³-hybridized carbons (Fsp3) is 0.133. The second-order valence-corrected chi connectivity index (χ2v) is 6.07. The van der Waals surface area contributed by atoms with Crippen molar-refractivity contribution in [1.82, 2.24) is 9.97 Å². The van der Waals surface area contributed by atoms with Gasteiger partial charge in [-0.25, -0.2) is 4.98 Å². The van der Waals surface area contributed by atoms with Crippen LogP contribution in [-0.4, -0.2) is 21.0 Å². The van der Waals surface area contributed by atoms with E-state index in [-0.39, 0.29) is 6.79 Å². The van der Waals surface area contributed by atoms with E-state index in [1.165, 1.54) is 0 Å². The molecular formula is C15H12N2O3S. The summed E-state index contributed by atoms with van der Waals surface area (Å²) in [5.41, 5.74) is 2.57. The zero-order valence-corrected chi connectivity index (χ0v) is 11.9. The number of rotatable bonds is 3. The van der Waals surface area contributed by atoms with E-state index in [2.05, 4.69) is 9.97 Å². The van der Waals surface area contributed by atoms with Crippen LogP contribution in [0.25, 0.3) is 11.0 Å². The Kier molecular flexibility index (Phi) is 2.89. The number of nitrogens with one attached hydrogen (secondary N) is 1. The van der Waals surface area contributed by atoms with Gasteiger partial charge in [0.1, 0.15) is 0 Å². The fourth-order valence-corrected chi connectivity index (χ4v) is 3.42. The van der Waals surface area contributed by atoms with Crippen molar-refractivity contribution < 1.29 is 13.7 Å². The number of para-hydroxylation sites is 3. The van der Waals surface area contributed by atoms with Crippen LogP contribution in [0.3, 0.4) is 0 Å². The second-order valence-electron chi connectivity index (χ2n) is 4.70. The molecule has 2 heterocycles. The molecule has 3 aromatic rings. The van der Waals surface area contributed by atoms with E-state index >= 15 is 0 Å². The third-order valence-electron chi connectivity index (χ3n) is 3.35. The molecule has 0 aliphatic carbocycles. The normalized spacial score (nSPS) is 14.5. The van der Waals surface area contributed by atoms with Crippen LogP contribution in [0.5, 0.6) is 11.5 Å². The van der Waals surface area contributed by atoms with Crippen molar-refractivity contribution in [3.63, 3.8) is 0 Å². The van der Waals surface area contributed by atoms with Crippen LogP contribution in [-0.2, 0) is 16.6 Å². The number of aromatic nitrogens is 2. The average molecular weight is 300 g/mol. The molecule has 0 amide bonds. The smallest absolute Gasteiger partial charge is 0.231 e. The summed E-state index contributed by atoms with van der Waals surface area (Å²) in [5.74, 6) is 1.72. The Bertz CT molecular complexity index is 811. The molecule has 0 saturated carbocycles. The summed E-state index contributed by atoms with van der Waals surface area (Å²) in [4.78, 5) is 7.47. The van der Waals surface area contributed by atoms with Crippen molar-refractivity contribution in [2.45, 2.75) is 10.9 Å². The highest BCUT2D eigenvalue weighted by Gasteiger charge is 2.20. The molecule has 0 fully saturated rings. The van der Waals surface area contributed by atoms with Crippen molar-refractivity contribution in [3.8, 4) is 11.5 Å². The number of benzene rings is 2. The Morgan fingerprint density at radius 3 is 2.95 bits per heavy atom. The highest BCUT2D eigenvalue weighted by atomic mass is 32.2. The predicted octanol–water partition coefficient (Wildman–Crippen LogP) is 2.60. The molecule has 6 heteroatoms. The molecule has 1 aliphatic rings. The van der Waals surface area contributed by atoms with Gasteiger partial charge in [0.25, 0.3) is 0 Å². The number of imidazole rings is 1. The molecule has 0 saturated heterocycles. The quantitative estimate of drug-likeness (QED) is 0.807. The van der Waals surface area contributed by atoms with E-state index in [1.807, 2.05) is 42.5 Å². The lowest BCUT2D eigenvalue weighted by Crippen LogP contribution is -2.00. The van der Waals surface area contributed by atoms with E-state index in [1.54, 1.807) is 0 Å². The maximum absolute atomic E-state index is 12.5. The first kappa shape index (κ1) is 12.4. The van der Waals surface area contributed by atoms with Crippen LogP contribution in [0, 0.1) is 0 Å². The van der Waals surface area contributed by atoms with E-state index < -0.39 is 10.8 Å². The van der Waals surface area contributed by atoms with Crippen molar-refractivity contribution in [1.29, 1.82) is 0 Å². The number of ether oxygens (including phenoxy) is 2. The standard InChI is InChI=1S/C15H12N2O3S/c18-21(15-16-11-5-1-2-6-12(11)17-15)8-10-4-3-7-13-14(10)20-9-19-13/h1-7H,8-9H2,(H,16,17). The van der Waals surface area contributed by atoms with Gasteiger partial charge in [-0.1, -0.05) is 24.3 Å². The monoisotopic (exact) mass is 300 g/mol. The summed E-state index contributed by atoms with van der Waals surface area (Å²) in [7, 11) is -1.26. The van der Waals surface area contributed by atoms with Crippen molar-refractivity contribution in [3.05, 3.63) is 48.0 Å². The molecule has 1 N–H and O–H groups in total. The first-order valence-electron chi connectivity index (χ1n) is 6.52. The maximum Gasteiger partial charge on any atom is 0.231 e. The lowest BCUT2D eigenvalue weighted by molar-refractivity contribution is 0.173. The minimum Gasteiger partial charge on any atom is -0.454 e. The zero-order chi connectivity index (χ0) is 14.2. The highest BCUT2D eigenvalue weighted by Crippen LogP contribution is 2.36. The molecule has 1 atom stereocenters. The van der Waals surface area contributed by atoms with Crippen LogP contribution < -0.4 is 9.47 Å². The Hall–Kier alpha value is -2.34.